The molecule has 0 unspecified atom stereocenters. The van der Waals surface area contributed by atoms with Crippen LogP contribution in [0.25, 0.3) is 0 Å². The molecule has 1 fully saturated rings. The quantitative estimate of drug-likeness (QED) is 0.476. The fourth-order valence-electron chi connectivity index (χ4n) is 3.30. The lowest BCUT2D eigenvalue weighted by molar-refractivity contribution is 0.0972. The Balaban J connectivity index is 1.43. The molecule has 1 aliphatic heterocycles. The highest BCUT2D eigenvalue weighted by atomic mass is 35.5. The minimum absolute atomic E-state index is 0.152. The zero-order valence-electron chi connectivity index (χ0n) is 16.3. The summed E-state index contributed by atoms with van der Waals surface area (Å²) < 4.78 is 5.37. The van der Waals surface area contributed by atoms with Crippen molar-refractivity contribution in [3.63, 3.8) is 0 Å². The van der Waals surface area contributed by atoms with Crippen LogP contribution in [0.1, 0.15) is 34.7 Å². The highest BCUT2D eigenvalue weighted by molar-refractivity contribution is 6.42. The first-order valence-corrected chi connectivity index (χ1v) is 10.2. The molecule has 1 amide bonds. The van der Waals surface area contributed by atoms with Gasteiger partial charge in [-0.2, -0.15) is 0 Å². The second kappa shape index (κ2) is 10.0. The summed E-state index contributed by atoms with van der Waals surface area (Å²) in [6.07, 6.45) is 2.02. The molecule has 0 atom stereocenters. The van der Waals surface area contributed by atoms with Crippen LogP contribution in [0, 0.1) is 0 Å². The Bertz CT molecular complexity index is 876. The molecule has 2 aromatic rings. The van der Waals surface area contributed by atoms with E-state index in [2.05, 4.69) is 20.5 Å². The van der Waals surface area contributed by atoms with Crippen molar-refractivity contribution in [1.29, 1.82) is 0 Å². The summed E-state index contributed by atoms with van der Waals surface area (Å²) in [6, 6.07) is 9.42. The zero-order chi connectivity index (χ0) is 20.8. The molecule has 1 aromatic heterocycles. The van der Waals surface area contributed by atoms with Crippen LogP contribution < -0.4 is 16.4 Å². The molecule has 1 aliphatic rings. The van der Waals surface area contributed by atoms with Gasteiger partial charge in [-0.1, -0.05) is 29.3 Å². The lowest BCUT2D eigenvalue weighted by atomic mass is 10.0. The number of furan rings is 1. The number of carbonyl (C=O) groups is 1. The number of guanidine groups is 1. The van der Waals surface area contributed by atoms with Gasteiger partial charge in [0.15, 0.2) is 11.7 Å². The third-order valence-corrected chi connectivity index (χ3v) is 5.62. The van der Waals surface area contributed by atoms with Crippen LogP contribution in [0.3, 0.4) is 0 Å². The van der Waals surface area contributed by atoms with Crippen molar-refractivity contribution in [3.05, 3.63) is 57.5 Å². The Morgan fingerprint density at radius 1 is 1.24 bits per heavy atom. The van der Waals surface area contributed by atoms with Crippen molar-refractivity contribution >= 4 is 35.1 Å². The Morgan fingerprint density at radius 3 is 2.62 bits per heavy atom. The van der Waals surface area contributed by atoms with Gasteiger partial charge in [0.2, 0.25) is 0 Å². The van der Waals surface area contributed by atoms with E-state index in [9.17, 15) is 4.79 Å². The number of aliphatic imine (C=N–C) groups is 1. The van der Waals surface area contributed by atoms with Crippen molar-refractivity contribution in [2.24, 2.45) is 10.7 Å². The van der Waals surface area contributed by atoms with Gasteiger partial charge in [-0.3, -0.25) is 14.7 Å². The number of nitrogens with one attached hydrogen (secondary N) is 2. The van der Waals surface area contributed by atoms with Gasteiger partial charge in [0.25, 0.3) is 5.91 Å². The van der Waals surface area contributed by atoms with Gasteiger partial charge in [0, 0.05) is 32.7 Å². The molecule has 0 saturated carbocycles. The van der Waals surface area contributed by atoms with Crippen LogP contribution >= 0.6 is 23.2 Å². The molecule has 3 rings (SSSR count). The lowest BCUT2D eigenvalue weighted by Crippen LogP contribution is -2.48. The van der Waals surface area contributed by atoms with E-state index < -0.39 is 5.91 Å². The lowest BCUT2D eigenvalue weighted by Gasteiger charge is -2.33. The van der Waals surface area contributed by atoms with Gasteiger partial charge in [-0.15, -0.1) is 0 Å². The maximum atomic E-state index is 11.1. The van der Waals surface area contributed by atoms with E-state index in [1.54, 1.807) is 19.2 Å². The van der Waals surface area contributed by atoms with Gasteiger partial charge in [0.05, 0.1) is 16.6 Å². The number of primary amides is 1. The number of benzene rings is 1. The van der Waals surface area contributed by atoms with Crippen LogP contribution in [-0.2, 0) is 13.1 Å². The molecule has 4 N–H and O–H groups in total. The van der Waals surface area contributed by atoms with E-state index in [0.717, 1.165) is 38.0 Å². The van der Waals surface area contributed by atoms with E-state index in [1.807, 2.05) is 18.2 Å². The predicted octanol–water partition coefficient (Wildman–Crippen LogP) is 3.01. The topological polar surface area (TPSA) is 95.9 Å². The van der Waals surface area contributed by atoms with E-state index >= 15 is 0 Å². The second-order valence-corrected chi connectivity index (χ2v) is 7.81. The summed E-state index contributed by atoms with van der Waals surface area (Å²) in [6.45, 7) is 3.24. The Hall–Kier alpha value is -2.22. The maximum absolute atomic E-state index is 11.1. The van der Waals surface area contributed by atoms with Crippen molar-refractivity contribution in [3.8, 4) is 0 Å². The molecule has 29 heavy (non-hydrogen) atoms. The van der Waals surface area contributed by atoms with Gasteiger partial charge < -0.3 is 20.8 Å². The molecule has 156 valence electrons. The summed E-state index contributed by atoms with van der Waals surface area (Å²) in [5, 5.41) is 7.82. The number of amides is 1. The standard InChI is InChI=1S/C20H25Cl2N5O2/c1-24-20(25-11-15-3-5-18(29-15)19(23)28)26-14-6-8-27(9-7-14)12-13-2-4-16(21)17(22)10-13/h2-5,10,14H,6-9,11-12H2,1H3,(H2,23,28)(H2,24,25,26). The summed E-state index contributed by atoms with van der Waals surface area (Å²) in [4.78, 5) is 17.8. The third kappa shape index (κ3) is 6.13. The molecule has 0 aliphatic carbocycles. The molecule has 1 aromatic carbocycles. The molecule has 0 bridgehead atoms. The molecule has 9 heteroatoms. The Morgan fingerprint density at radius 2 is 2.00 bits per heavy atom. The van der Waals surface area contributed by atoms with Gasteiger partial charge in [-0.25, -0.2) is 0 Å². The van der Waals surface area contributed by atoms with Crippen molar-refractivity contribution in [2.75, 3.05) is 20.1 Å². The van der Waals surface area contributed by atoms with Crippen LogP contribution in [-0.4, -0.2) is 42.9 Å². The molecule has 7 nitrogen and oxygen atoms in total. The number of rotatable bonds is 6. The van der Waals surface area contributed by atoms with E-state index in [4.69, 9.17) is 33.4 Å². The zero-order valence-corrected chi connectivity index (χ0v) is 17.8. The van der Waals surface area contributed by atoms with E-state index in [1.165, 1.54) is 0 Å². The molecular formula is C20H25Cl2N5O2. The maximum Gasteiger partial charge on any atom is 0.284 e. The molecule has 2 heterocycles. The second-order valence-electron chi connectivity index (χ2n) is 7.00. The SMILES string of the molecule is CN=C(NCc1ccc(C(N)=O)o1)NC1CCN(Cc2ccc(Cl)c(Cl)c2)CC1. The van der Waals surface area contributed by atoms with Crippen LogP contribution in [0.4, 0.5) is 0 Å². The Labute approximate surface area is 180 Å². The number of nitrogens with two attached hydrogens (primary N) is 1. The first-order chi connectivity index (χ1) is 13.9. The first kappa shape index (κ1) is 21.5. The fraction of sp³-hybridized carbons (Fsp3) is 0.400. The van der Waals surface area contributed by atoms with Crippen molar-refractivity contribution in [1.82, 2.24) is 15.5 Å². The van der Waals surface area contributed by atoms with Crippen molar-refractivity contribution in [2.45, 2.75) is 32.0 Å². The number of nitrogens with zero attached hydrogens (tertiary/aromatic N) is 2. The average molecular weight is 438 g/mol. The smallest absolute Gasteiger partial charge is 0.284 e. The minimum atomic E-state index is -0.577. The highest BCUT2D eigenvalue weighted by Gasteiger charge is 2.20. The summed E-state index contributed by atoms with van der Waals surface area (Å²) in [5.41, 5.74) is 6.37. The molecule has 0 spiro atoms. The number of carbonyl (C=O) groups excluding carboxylic acids is 1. The number of hydrogen-bond donors (Lipinski definition) is 3. The number of likely N-dealkylation sites (tertiary alicyclic amines) is 1. The number of hydrogen-bond acceptors (Lipinski definition) is 4. The predicted molar refractivity (Wildman–Crippen MR) is 115 cm³/mol. The van der Waals surface area contributed by atoms with E-state index in [0.29, 0.717) is 34.4 Å². The highest BCUT2D eigenvalue weighted by Crippen LogP contribution is 2.24. The first-order valence-electron chi connectivity index (χ1n) is 9.46. The monoisotopic (exact) mass is 437 g/mol. The molecule has 0 radical (unpaired) electrons. The summed E-state index contributed by atoms with van der Waals surface area (Å²) >= 11 is 12.1. The third-order valence-electron chi connectivity index (χ3n) is 4.88. The average Bonchev–Trinajstić information content (AvgIpc) is 3.19. The van der Waals surface area contributed by atoms with Gasteiger partial charge in [-0.05, 0) is 42.7 Å². The van der Waals surface area contributed by atoms with Gasteiger partial charge in [0.1, 0.15) is 5.76 Å². The normalized spacial score (nSPS) is 16.0. The van der Waals surface area contributed by atoms with Crippen molar-refractivity contribution < 1.29 is 9.21 Å². The summed E-state index contributed by atoms with van der Waals surface area (Å²) in [7, 11) is 1.73. The largest absolute Gasteiger partial charge is 0.454 e. The van der Waals surface area contributed by atoms with Crippen LogP contribution in [0.5, 0.6) is 0 Å². The van der Waals surface area contributed by atoms with Crippen LogP contribution in [0.2, 0.25) is 10.0 Å². The number of halogens is 2. The molecule has 1 saturated heterocycles. The fourth-order valence-corrected chi connectivity index (χ4v) is 3.62. The van der Waals surface area contributed by atoms with Crippen LogP contribution in [0.15, 0.2) is 39.7 Å². The Kier molecular flexibility index (Phi) is 7.41. The number of piperidine rings is 1. The minimum Gasteiger partial charge on any atom is -0.454 e. The van der Waals surface area contributed by atoms with Gasteiger partial charge >= 0.3 is 0 Å². The molecular weight excluding hydrogens is 413 g/mol. The summed E-state index contributed by atoms with van der Waals surface area (Å²) in [5.74, 6) is 0.897. The van der Waals surface area contributed by atoms with E-state index in [-0.39, 0.29) is 5.76 Å².